The molecule has 21 heavy (non-hydrogen) atoms. The van der Waals surface area contributed by atoms with Crippen LogP contribution in [-0.2, 0) is 4.79 Å². The van der Waals surface area contributed by atoms with Crippen molar-refractivity contribution in [2.45, 2.75) is 31.8 Å². The molecule has 1 amide bonds. The largest absolute Gasteiger partial charge is 0.482 e. The molecule has 2 rings (SSSR count). The summed E-state index contributed by atoms with van der Waals surface area (Å²) in [6.07, 6.45) is 3.24. The van der Waals surface area contributed by atoms with Crippen molar-refractivity contribution in [2.75, 3.05) is 13.2 Å². The summed E-state index contributed by atoms with van der Waals surface area (Å²) in [6.45, 7) is 0.437. The van der Waals surface area contributed by atoms with Crippen LogP contribution in [0.5, 0.6) is 5.75 Å². The molecular formula is C15H19ClFNO3. The minimum Gasteiger partial charge on any atom is -0.482 e. The number of amides is 1. The van der Waals surface area contributed by atoms with Crippen molar-refractivity contribution in [3.05, 3.63) is 29.0 Å². The highest BCUT2D eigenvalue weighted by atomic mass is 35.5. The first kappa shape index (κ1) is 16.0. The highest BCUT2D eigenvalue weighted by Crippen LogP contribution is 2.25. The van der Waals surface area contributed by atoms with Crippen LogP contribution < -0.4 is 10.1 Å². The molecule has 1 saturated carbocycles. The van der Waals surface area contributed by atoms with Crippen molar-refractivity contribution >= 4 is 17.5 Å². The molecule has 0 heterocycles. The molecular weight excluding hydrogens is 297 g/mol. The molecule has 6 heteroatoms. The highest BCUT2D eigenvalue weighted by Gasteiger charge is 2.19. The number of rotatable bonds is 5. The van der Waals surface area contributed by atoms with E-state index in [1.54, 1.807) is 0 Å². The number of aliphatic hydroxyl groups excluding tert-OH is 1. The summed E-state index contributed by atoms with van der Waals surface area (Å²) in [5.74, 6) is 0.0126. The minimum atomic E-state index is -0.448. The molecule has 0 aromatic heterocycles. The van der Waals surface area contributed by atoms with Crippen LogP contribution in [0.3, 0.4) is 0 Å². The zero-order valence-electron chi connectivity index (χ0n) is 11.6. The van der Waals surface area contributed by atoms with E-state index in [9.17, 15) is 14.3 Å². The first-order chi connectivity index (χ1) is 10.0. The molecule has 0 radical (unpaired) electrons. The van der Waals surface area contributed by atoms with Gasteiger partial charge in [-0.1, -0.05) is 11.6 Å². The van der Waals surface area contributed by atoms with Gasteiger partial charge >= 0.3 is 0 Å². The standard InChI is InChI=1S/C15H19ClFNO3/c16-13-7-11(17)3-6-14(13)21-9-15(20)18-8-10-1-4-12(19)5-2-10/h3,6-7,10,12,19H,1-2,4-5,8-9H2,(H,18,20). The first-order valence-electron chi connectivity index (χ1n) is 7.07. The van der Waals surface area contributed by atoms with Crippen LogP contribution in [0.25, 0.3) is 0 Å². The third-order valence-electron chi connectivity index (χ3n) is 3.66. The fourth-order valence-electron chi connectivity index (χ4n) is 2.39. The molecule has 4 nitrogen and oxygen atoms in total. The predicted octanol–water partition coefficient (Wildman–Crippen LogP) is 2.53. The fraction of sp³-hybridized carbons (Fsp3) is 0.533. The summed E-state index contributed by atoms with van der Waals surface area (Å²) in [5.41, 5.74) is 0. The number of ether oxygens (including phenoxy) is 1. The summed E-state index contributed by atoms with van der Waals surface area (Å²) < 4.78 is 18.1. The molecule has 0 aliphatic heterocycles. The lowest BCUT2D eigenvalue weighted by atomic mass is 9.87. The third kappa shape index (κ3) is 5.17. The SMILES string of the molecule is O=C(COc1ccc(F)cc1Cl)NCC1CCC(O)CC1. The Morgan fingerprint density at radius 2 is 2.10 bits per heavy atom. The van der Waals surface area contributed by atoms with Crippen molar-refractivity contribution in [2.24, 2.45) is 5.92 Å². The van der Waals surface area contributed by atoms with Crippen molar-refractivity contribution in [3.8, 4) is 5.75 Å². The minimum absolute atomic E-state index is 0.143. The van der Waals surface area contributed by atoms with Gasteiger partial charge in [-0.15, -0.1) is 0 Å². The Bertz CT molecular complexity index is 490. The van der Waals surface area contributed by atoms with Crippen molar-refractivity contribution < 1.29 is 19.0 Å². The second kappa shape index (κ2) is 7.61. The summed E-state index contributed by atoms with van der Waals surface area (Å²) in [5, 5.41) is 12.4. The van der Waals surface area contributed by atoms with E-state index >= 15 is 0 Å². The van der Waals surface area contributed by atoms with Crippen LogP contribution in [0.1, 0.15) is 25.7 Å². The number of hydrogen-bond donors (Lipinski definition) is 2. The van der Waals surface area contributed by atoms with E-state index in [4.69, 9.17) is 16.3 Å². The summed E-state index contributed by atoms with van der Waals surface area (Å²) in [6, 6.07) is 3.77. The molecule has 1 aromatic carbocycles. The van der Waals surface area contributed by atoms with Crippen molar-refractivity contribution in [1.82, 2.24) is 5.32 Å². The maximum absolute atomic E-state index is 12.9. The lowest BCUT2D eigenvalue weighted by Gasteiger charge is -2.25. The van der Waals surface area contributed by atoms with E-state index in [1.807, 2.05) is 0 Å². The zero-order valence-corrected chi connectivity index (χ0v) is 12.4. The number of carbonyl (C=O) groups is 1. The van der Waals surface area contributed by atoms with Crippen LogP contribution in [0.2, 0.25) is 5.02 Å². The van der Waals surface area contributed by atoms with Crippen molar-refractivity contribution in [3.63, 3.8) is 0 Å². The van der Waals surface area contributed by atoms with Crippen LogP contribution in [-0.4, -0.2) is 30.3 Å². The number of carbonyl (C=O) groups excluding carboxylic acids is 1. The van der Waals surface area contributed by atoms with Gasteiger partial charge in [-0.3, -0.25) is 4.79 Å². The molecule has 1 fully saturated rings. The Balaban J connectivity index is 1.70. The molecule has 1 aliphatic carbocycles. The number of benzene rings is 1. The van der Waals surface area contributed by atoms with Gasteiger partial charge in [0.15, 0.2) is 6.61 Å². The predicted molar refractivity (Wildman–Crippen MR) is 77.9 cm³/mol. The van der Waals surface area contributed by atoms with E-state index < -0.39 is 5.82 Å². The molecule has 1 aliphatic rings. The van der Waals surface area contributed by atoms with Gasteiger partial charge in [-0.05, 0) is 49.8 Å². The molecule has 1 aromatic rings. The molecule has 0 spiro atoms. The van der Waals surface area contributed by atoms with E-state index in [2.05, 4.69) is 5.32 Å². The molecule has 116 valence electrons. The fourth-order valence-corrected chi connectivity index (χ4v) is 2.62. The maximum Gasteiger partial charge on any atom is 0.257 e. The van der Waals surface area contributed by atoms with Crippen LogP contribution in [0.15, 0.2) is 18.2 Å². The lowest BCUT2D eigenvalue weighted by Crippen LogP contribution is -2.35. The van der Waals surface area contributed by atoms with Gasteiger partial charge in [0.25, 0.3) is 5.91 Å². The second-order valence-corrected chi connectivity index (χ2v) is 5.75. The van der Waals surface area contributed by atoms with E-state index in [0.29, 0.717) is 12.5 Å². The Morgan fingerprint density at radius 3 is 2.76 bits per heavy atom. The number of halogens is 2. The normalized spacial score (nSPS) is 21.9. The van der Waals surface area contributed by atoms with Gasteiger partial charge in [0.2, 0.25) is 0 Å². The lowest BCUT2D eigenvalue weighted by molar-refractivity contribution is -0.123. The molecule has 2 N–H and O–H groups in total. The average Bonchev–Trinajstić information content (AvgIpc) is 2.46. The Kier molecular flexibility index (Phi) is 5.82. The quantitative estimate of drug-likeness (QED) is 0.878. The topological polar surface area (TPSA) is 58.6 Å². The summed E-state index contributed by atoms with van der Waals surface area (Å²) in [7, 11) is 0. The highest BCUT2D eigenvalue weighted by molar-refractivity contribution is 6.32. The van der Waals surface area contributed by atoms with Crippen molar-refractivity contribution in [1.29, 1.82) is 0 Å². The summed E-state index contributed by atoms with van der Waals surface area (Å²) in [4.78, 5) is 11.7. The monoisotopic (exact) mass is 315 g/mol. The molecule has 0 saturated heterocycles. The van der Waals surface area contributed by atoms with Crippen LogP contribution in [0, 0.1) is 11.7 Å². The zero-order chi connectivity index (χ0) is 15.2. The number of nitrogens with one attached hydrogen (secondary N) is 1. The summed E-state index contributed by atoms with van der Waals surface area (Å²) >= 11 is 5.81. The van der Waals surface area contributed by atoms with Gasteiger partial charge in [0.1, 0.15) is 11.6 Å². The molecule has 0 bridgehead atoms. The van der Waals surface area contributed by atoms with Gasteiger partial charge in [0, 0.05) is 6.54 Å². The smallest absolute Gasteiger partial charge is 0.257 e. The Morgan fingerprint density at radius 1 is 1.38 bits per heavy atom. The van der Waals surface area contributed by atoms with Gasteiger partial charge < -0.3 is 15.2 Å². The first-order valence-corrected chi connectivity index (χ1v) is 7.45. The Labute approximate surface area is 128 Å². The van der Waals surface area contributed by atoms with Crippen LogP contribution >= 0.6 is 11.6 Å². The van der Waals surface area contributed by atoms with Crippen LogP contribution in [0.4, 0.5) is 4.39 Å². The van der Waals surface area contributed by atoms with Gasteiger partial charge in [0.05, 0.1) is 11.1 Å². The number of hydrogen-bond acceptors (Lipinski definition) is 3. The maximum atomic E-state index is 12.9. The molecule has 0 unspecified atom stereocenters. The van der Waals surface area contributed by atoms with Gasteiger partial charge in [-0.2, -0.15) is 0 Å². The number of aliphatic hydroxyl groups is 1. The Hall–Kier alpha value is -1.33. The van der Waals surface area contributed by atoms with E-state index in [-0.39, 0.29) is 29.4 Å². The molecule has 0 atom stereocenters. The van der Waals surface area contributed by atoms with E-state index in [1.165, 1.54) is 12.1 Å². The average molecular weight is 316 g/mol. The third-order valence-corrected chi connectivity index (χ3v) is 3.95. The second-order valence-electron chi connectivity index (χ2n) is 5.34. The van der Waals surface area contributed by atoms with E-state index in [0.717, 1.165) is 31.7 Å². The van der Waals surface area contributed by atoms with Gasteiger partial charge in [-0.25, -0.2) is 4.39 Å².